The fourth-order valence-corrected chi connectivity index (χ4v) is 6.38. The highest BCUT2D eigenvalue weighted by molar-refractivity contribution is 8.00. The standard InChI is InChI=1S/C27H20Cl2N2O2S2/c28-20-13-12-17(14-21(20)29)24(32)16-34-19-7-5-6-18(15-19)30-27(33)31-22-8-1-3-10-25(22)35-26-11-4-2-9-23(26)31/h1-15,22,25H,16H2,(H,30,33). The zero-order valence-electron chi connectivity index (χ0n) is 18.4. The predicted octanol–water partition coefficient (Wildman–Crippen LogP) is 7.98. The van der Waals surface area contributed by atoms with Gasteiger partial charge in [0, 0.05) is 21.0 Å². The molecule has 2 aliphatic rings. The van der Waals surface area contributed by atoms with Gasteiger partial charge in [0.2, 0.25) is 0 Å². The largest absolute Gasteiger partial charge is 0.326 e. The summed E-state index contributed by atoms with van der Waals surface area (Å²) in [7, 11) is 0. The number of para-hydroxylation sites is 1. The van der Waals surface area contributed by atoms with Gasteiger partial charge in [0.25, 0.3) is 0 Å². The smallest absolute Gasteiger partial charge is 0.307 e. The number of urea groups is 1. The van der Waals surface area contributed by atoms with E-state index < -0.39 is 0 Å². The van der Waals surface area contributed by atoms with Crippen molar-refractivity contribution in [1.29, 1.82) is 0 Å². The number of ketones is 1. The normalized spacial score (nSPS) is 18.1. The summed E-state index contributed by atoms with van der Waals surface area (Å²) in [6.45, 7) is 0. The summed E-state index contributed by atoms with van der Waals surface area (Å²) in [5.41, 5.74) is 2.08. The maximum absolute atomic E-state index is 13.5. The van der Waals surface area contributed by atoms with Crippen molar-refractivity contribution in [3.8, 4) is 0 Å². The van der Waals surface area contributed by atoms with Gasteiger partial charge in [0.05, 0.1) is 32.8 Å². The second-order valence-corrected chi connectivity index (χ2v) is 11.1. The van der Waals surface area contributed by atoms with E-state index >= 15 is 0 Å². The van der Waals surface area contributed by atoms with E-state index in [1.54, 1.807) is 30.0 Å². The molecule has 3 aromatic carbocycles. The molecule has 8 heteroatoms. The molecule has 0 spiro atoms. The maximum atomic E-state index is 13.5. The Kier molecular flexibility index (Phi) is 7.25. The van der Waals surface area contributed by atoms with E-state index in [0.717, 1.165) is 15.5 Å². The third kappa shape index (κ3) is 5.31. The van der Waals surface area contributed by atoms with Crippen molar-refractivity contribution in [1.82, 2.24) is 0 Å². The second-order valence-electron chi connectivity index (χ2n) is 7.98. The molecule has 2 amide bonds. The number of hydrogen-bond donors (Lipinski definition) is 1. The molecule has 0 fully saturated rings. The number of benzene rings is 3. The van der Waals surface area contributed by atoms with Crippen molar-refractivity contribution in [2.45, 2.75) is 21.1 Å². The first-order valence-electron chi connectivity index (χ1n) is 10.9. The van der Waals surface area contributed by atoms with Gasteiger partial charge in [-0.1, -0.05) is 65.7 Å². The minimum atomic E-state index is -0.193. The van der Waals surface area contributed by atoms with Crippen LogP contribution in [0.25, 0.3) is 0 Å². The van der Waals surface area contributed by atoms with Gasteiger partial charge in [0.15, 0.2) is 5.78 Å². The third-order valence-corrected chi connectivity index (χ3v) is 8.70. The first-order chi connectivity index (χ1) is 17.0. The second kappa shape index (κ2) is 10.5. The lowest BCUT2D eigenvalue weighted by Gasteiger charge is -2.40. The number of Topliss-reactive ketones (excluding diaryl/α,β-unsaturated/α-hetero) is 1. The zero-order valence-corrected chi connectivity index (χ0v) is 21.5. The van der Waals surface area contributed by atoms with Crippen LogP contribution in [0, 0.1) is 0 Å². The molecule has 4 nitrogen and oxygen atoms in total. The number of anilines is 2. The number of nitrogens with zero attached hydrogens (tertiary/aromatic N) is 1. The summed E-state index contributed by atoms with van der Waals surface area (Å²) < 4.78 is 0. The number of thioether (sulfide) groups is 2. The van der Waals surface area contributed by atoms with Crippen LogP contribution in [0.15, 0.2) is 101 Å². The zero-order chi connectivity index (χ0) is 24.4. The van der Waals surface area contributed by atoms with Crippen molar-refractivity contribution < 1.29 is 9.59 Å². The molecular formula is C27H20Cl2N2O2S2. The molecule has 1 aliphatic heterocycles. The third-order valence-electron chi connectivity index (χ3n) is 5.66. The van der Waals surface area contributed by atoms with E-state index in [2.05, 4.69) is 17.5 Å². The predicted molar refractivity (Wildman–Crippen MR) is 148 cm³/mol. The van der Waals surface area contributed by atoms with E-state index in [1.807, 2.05) is 65.6 Å². The van der Waals surface area contributed by atoms with E-state index in [9.17, 15) is 9.59 Å². The molecule has 35 heavy (non-hydrogen) atoms. The highest BCUT2D eigenvalue weighted by Gasteiger charge is 2.36. The van der Waals surface area contributed by atoms with Gasteiger partial charge < -0.3 is 5.32 Å². The Hall–Kier alpha value is -2.64. The molecular weight excluding hydrogens is 519 g/mol. The van der Waals surface area contributed by atoms with Gasteiger partial charge in [-0.15, -0.1) is 23.5 Å². The first-order valence-corrected chi connectivity index (χ1v) is 13.5. The highest BCUT2D eigenvalue weighted by Crippen LogP contribution is 2.43. The number of nitrogens with one attached hydrogen (secondary N) is 1. The highest BCUT2D eigenvalue weighted by atomic mass is 35.5. The number of carbonyl (C=O) groups is 2. The molecule has 1 aliphatic carbocycles. The minimum Gasteiger partial charge on any atom is -0.307 e. The van der Waals surface area contributed by atoms with E-state index in [4.69, 9.17) is 23.2 Å². The van der Waals surface area contributed by atoms with Crippen LogP contribution in [0.2, 0.25) is 10.0 Å². The van der Waals surface area contributed by atoms with Crippen molar-refractivity contribution >= 4 is 69.9 Å². The molecule has 0 aromatic heterocycles. The molecule has 0 bridgehead atoms. The fraction of sp³-hybridized carbons (Fsp3) is 0.111. The first kappa shape index (κ1) is 24.1. The molecule has 3 aromatic rings. The Balaban J connectivity index is 1.30. The topological polar surface area (TPSA) is 49.4 Å². The Labute approximate surface area is 222 Å². The summed E-state index contributed by atoms with van der Waals surface area (Å²) >= 11 is 15.2. The summed E-state index contributed by atoms with van der Waals surface area (Å²) in [5.74, 6) is 0.195. The van der Waals surface area contributed by atoms with Crippen LogP contribution in [0.5, 0.6) is 0 Å². The maximum Gasteiger partial charge on any atom is 0.326 e. The molecule has 2 unspecified atom stereocenters. The Morgan fingerprint density at radius 2 is 1.77 bits per heavy atom. The van der Waals surface area contributed by atoms with Crippen LogP contribution in [0.4, 0.5) is 16.2 Å². The van der Waals surface area contributed by atoms with Crippen molar-refractivity contribution in [2.75, 3.05) is 16.0 Å². The van der Waals surface area contributed by atoms with Crippen LogP contribution in [0.3, 0.4) is 0 Å². The summed E-state index contributed by atoms with van der Waals surface area (Å²) in [6, 6.07) is 20.1. The molecule has 5 rings (SSSR count). The van der Waals surface area contributed by atoms with Gasteiger partial charge in [-0.2, -0.15) is 0 Å². The number of halogens is 2. The lowest BCUT2D eigenvalue weighted by atomic mass is 10.1. The van der Waals surface area contributed by atoms with Crippen molar-refractivity contribution in [2.24, 2.45) is 0 Å². The summed E-state index contributed by atoms with van der Waals surface area (Å²) in [5, 5.41) is 3.98. The molecule has 176 valence electrons. The lowest BCUT2D eigenvalue weighted by molar-refractivity contribution is 0.102. The van der Waals surface area contributed by atoms with Crippen LogP contribution in [0.1, 0.15) is 10.4 Å². The van der Waals surface area contributed by atoms with Crippen molar-refractivity contribution in [3.63, 3.8) is 0 Å². The van der Waals surface area contributed by atoms with Crippen LogP contribution < -0.4 is 10.2 Å². The fourth-order valence-electron chi connectivity index (χ4n) is 3.97. The van der Waals surface area contributed by atoms with E-state index in [1.165, 1.54) is 11.8 Å². The molecule has 2 atom stereocenters. The van der Waals surface area contributed by atoms with Crippen LogP contribution in [-0.2, 0) is 0 Å². The van der Waals surface area contributed by atoms with Gasteiger partial charge >= 0.3 is 6.03 Å². The van der Waals surface area contributed by atoms with Crippen LogP contribution >= 0.6 is 46.7 Å². The molecule has 0 saturated carbocycles. The SMILES string of the molecule is O=C(CSc1cccc(NC(=O)N2c3ccccc3SC3C=CC=CC32)c1)c1ccc(Cl)c(Cl)c1. The van der Waals surface area contributed by atoms with Gasteiger partial charge in [0.1, 0.15) is 0 Å². The Morgan fingerprint density at radius 1 is 0.943 bits per heavy atom. The number of fused-ring (bicyclic) bond motifs is 2. The molecule has 0 radical (unpaired) electrons. The Bertz CT molecular complexity index is 1360. The monoisotopic (exact) mass is 538 g/mol. The molecule has 1 heterocycles. The van der Waals surface area contributed by atoms with E-state index in [0.29, 0.717) is 21.3 Å². The summed E-state index contributed by atoms with van der Waals surface area (Å²) in [6.07, 6.45) is 8.21. The van der Waals surface area contributed by atoms with E-state index in [-0.39, 0.29) is 28.9 Å². The number of amides is 2. The quantitative estimate of drug-likeness (QED) is 0.264. The number of carbonyl (C=O) groups excluding carboxylic acids is 2. The minimum absolute atomic E-state index is 0.0476. The number of allylic oxidation sites excluding steroid dienone is 2. The van der Waals surface area contributed by atoms with Crippen molar-refractivity contribution in [3.05, 3.63) is 107 Å². The van der Waals surface area contributed by atoms with Gasteiger partial charge in [-0.25, -0.2) is 4.79 Å². The van der Waals surface area contributed by atoms with Gasteiger partial charge in [-0.05, 0) is 48.5 Å². The molecule has 1 N–H and O–H groups in total. The van der Waals surface area contributed by atoms with Gasteiger partial charge in [-0.3, -0.25) is 9.69 Å². The Morgan fingerprint density at radius 3 is 2.63 bits per heavy atom. The number of hydrogen-bond acceptors (Lipinski definition) is 4. The number of rotatable bonds is 5. The summed E-state index contributed by atoms with van der Waals surface area (Å²) in [4.78, 5) is 29.8. The van der Waals surface area contributed by atoms with Crippen LogP contribution in [-0.4, -0.2) is 28.9 Å². The average molecular weight is 540 g/mol. The lowest BCUT2D eigenvalue weighted by Crippen LogP contribution is -2.49. The average Bonchev–Trinajstić information content (AvgIpc) is 2.87. The molecule has 0 saturated heterocycles.